The van der Waals surface area contributed by atoms with Crippen LogP contribution in [-0.4, -0.2) is 65.4 Å². The standard InChI is InChI=1S/C17H24ClN5O4/c1-3-12(2)19-16(24)11-21-6-8-22(9-7-21)17(25)20-13-4-5-14(18)15(10-13)23(26)27/h4-5,10,12H,3,6-9,11H2,1-2H3,(H,19,24)(H,20,25). The number of halogens is 1. The first-order chi connectivity index (χ1) is 12.8. The number of urea groups is 1. The fourth-order valence-corrected chi connectivity index (χ4v) is 2.85. The summed E-state index contributed by atoms with van der Waals surface area (Å²) in [6.07, 6.45) is 0.878. The summed E-state index contributed by atoms with van der Waals surface area (Å²) in [4.78, 5) is 38.2. The Balaban J connectivity index is 1.84. The quantitative estimate of drug-likeness (QED) is 0.565. The predicted molar refractivity (Wildman–Crippen MR) is 103 cm³/mol. The molecule has 3 amide bonds. The molecule has 1 unspecified atom stereocenters. The van der Waals surface area contributed by atoms with Crippen LogP contribution < -0.4 is 10.6 Å². The van der Waals surface area contributed by atoms with E-state index in [4.69, 9.17) is 11.6 Å². The zero-order chi connectivity index (χ0) is 20.0. The van der Waals surface area contributed by atoms with E-state index < -0.39 is 4.92 Å². The van der Waals surface area contributed by atoms with E-state index in [-0.39, 0.29) is 28.7 Å². The van der Waals surface area contributed by atoms with Crippen molar-refractivity contribution in [1.82, 2.24) is 15.1 Å². The highest BCUT2D eigenvalue weighted by Gasteiger charge is 2.23. The number of carbonyl (C=O) groups excluding carboxylic acids is 2. The van der Waals surface area contributed by atoms with E-state index in [0.717, 1.165) is 6.42 Å². The molecule has 1 aliphatic heterocycles. The number of hydrogen-bond donors (Lipinski definition) is 2. The Labute approximate surface area is 162 Å². The van der Waals surface area contributed by atoms with Crippen LogP contribution in [0.15, 0.2) is 18.2 Å². The highest BCUT2D eigenvalue weighted by molar-refractivity contribution is 6.32. The van der Waals surface area contributed by atoms with Gasteiger partial charge in [0.05, 0.1) is 11.5 Å². The van der Waals surface area contributed by atoms with Crippen molar-refractivity contribution in [2.45, 2.75) is 26.3 Å². The molecule has 1 aromatic carbocycles. The molecule has 2 N–H and O–H groups in total. The molecule has 0 aliphatic carbocycles. The number of nitrogens with one attached hydrogen (secondary N) is 2. The molecule has 1 fully saturated rings. The van der Waals surface area contributed by atoms with Crippen molar-refractivity contribution in [2.24, 2.45) is 0 Å². The highest BCUT2D eigenvalue weighted by Crippen LogP contribution is 2.27. The molecule has 0 aromatic heterocycles. The molecule has 0 radical (unpaired) electrons. The Morgan fingerprint density at radius 1 is 1.30 bits per heavy atom. The van der Waals surface area contributed by atoms with Crippen molar-refractivity contribution in [3.63, 3.8) is 0 Å². The van der Waals surface area contributed by atoms with Crippen LogP contribution in [0.5, 0.6) is 0 Å². The molecular weight excluding hydrogens is 374 g/mol. The van der Waals surface area contributed by atoms with Crippen molar-refractivity contribution in [3.8, 4) is 0 Å². The lowest BCUT2D eigenvalue weighted by Crippen LogP contribution is -2.52. The van der Waals surface area contributed by atoms with Crippen molar-refractivity contribution in [3.05, 3.63) is 33.3 Å². The van der Waals surface area contributed by atoms with Gasteiger partial charge in [0.1, 0.15) is 5.02 Å². The molecule has 27 heavy (non-hydrogen) atoms. The number of amides is 3. The van der Waals surface area contributed by atoms with Crippen molar-refractivity contribution in [2.75, 3.05) is 38.0 Å². The van der Waals surface area contributed by atoms with Gasteiger partial charge in [-0.2, -0.15) is 0 Å². The number of hydrogen-bond acceptors (Lipinski definition) is 5. The van der Waals surface area contributed by atoms with Gasteiger partial charge < -0.3 is 15.5 Å². The molecule has 0 bridgehead atoms. The van der Waals surface area contributed by atoms with Gasteiger partial charge in [0.15, 0.2) is 0 Å². The third kappa shape index (κ3) is 6.07. The van der Waals surface area contributed by atoms with Crippen molar-refractivity contribution < 1.29 is 14.5 Å². The van der Waals surface area contributed by atoms with E-state index in [1.807, 2.05) is 18.7 Å². The van der Waals surface area contributed by atoms with Crippen LogP contribution in [-0.2, 0) is 4.79 Å². The van der Waals surface area contributed by atoms with Crippen LogP contribution in [0.2, 0.25) is 5.02 Å². The Bertz CT molecular complexity index is 707. The van der Waals surface area contributed by atoms with E-state index >= 15 is 0 Å². The number of nitro groups is 1. The van der Waals surface area contributed by atoms with Crippen LogP contribution >= 0.6 is 11.6 Å². The summed E-state index contributed by atoms with van der Waals surface area (Å²) < 4.78 is 0. The van der Waals surface area contributed by atoms with E-state index in [0.29, 0.717) is 38.4 Å². The molecule has 0 saturated carbocycles. The van der Waals surface area contributed by atoms with E-state index in [1.165, 1.54) is 18.2 Å². The van der Waals surface area contributed by atoms with Gasteiger partial charge in [0.2, 0.25) is 5.91 Å². The van der Waals surface area contributed by atoms with Crippen LogP contribution in [0.1, 0.15) is 20.3 Å². The number of carbonyl (C=O) groups is 2. The van der Waals surface area contributed by atoms with Crippen LogP contribution in [0.25, 0.3) is 0 Å². The van der Waals surface area contributed by atoms with Crippen LogP contribution in [0.4, 0.5) is 16.2 Å². The fourth-order valence-electron chi connectivity index (χ4n) is 2.67. The molecular formula is C17H24ClN5O4. The fraction of sp³-hybridized carbons (Fsp3) is 0.529. The molecule has 148 valence electrons. The lowest BCUT2D eigenvalue weighted by molar-refractivity contribution is -0.384. The second-order valence-electron chi connectivity index (χ2n) is 6.49. The second-order valence-corrected chi connectivity index (χ2v) is 6.90. The molecule has 9 nitrogen and oxygen atoms in total. The third-order valence-electron chi connectivity index (χ3n) is 4.44. The Morgan fingerprint density at radius 3 is 2.56 bits per heavy atom. The average Bonchev–Trinajstić information content (AvgIpc) is 2.63. The molecule has 1 saturated heterocycles. The first-order valence-electron chi connectivity index (χ1n) is 8.81. The third-order valence-corrected chi connectivity index (χ3v) is 4.76. The monoisotopic (exact) mass is 397 g/mol. The summed E-state index contributed by atoms with van der Waals surface area (Å²) in [6, 6.07) is 3.94. The zero-order valence-corrected chi connectivity index (χ0v) is 16.2. The average molecular weight is 398 g/mol. The minimum Gasteiger partial charge on any atom is -0.353 e. The normalized spacial score (nSPS) is 15.9. The van der Waals surface area contributed by atoms with Gasteiger partial charge >= 0.3 is 6.03 Å². The zero-order valence-electron chi connectivity index (χ0n) is 15.4. The predicted octanol–water partition coefficient (Wildman–Crippen LogP) is 2.31. The number of nitro benzene ring substituents is 1. The topological polar surface area (TPSA) is 108 Å². The molecule has 10 heteroatoms. The SMILES string of the molecule is CCC(C)NC(=O)CN1CCN(C(=O)Nc2ccc(Cl)c([N+](=O)[O-])c2)CC1. The first-order valence-corrected chi connectivity index (χ1v) is 9.19. The number of piperazine rings is 1. The van der Waals surface area contributed by atoms with Gasteiger partial charge in [0, 0.05) is 44.0 Å². The molecule has 1 atom stereocenters. The molecule has 1 heterocycles. The van der Waals surface area contributed by atoms with Gasteiger partial charge in [-0.15, -0.1) is 0 Å². The minimum absolute atomic E-state index is 0.0160. The Kier molecular flexibility index (Phi) is 7.37. The summed E-state index contributed by atoms with van der Waals surface area (Å²) in [7, 11) is 0. The lowest BCUT2D eigenvalue weighted by Gasteiger charge is -2.34. The van der Waals surface area contributed by atoms with Gasteiger partial charge in [-0.05, 0) is 25.5 Å². The number of rotatable bonds is 6. The van der Waals surface area contributed by atoms with E-state index in [1.54, 1.807) is 4.90 Å². The number of benzene rings is 1. The van der Waals surface area contributed by atoms with Gasteiger partial charge in [0.25, 0.3) is 5.69 Å². The summed E-state index contributed by atoms with van der Waals surface area (Å²) in [5.74, 6) is -0.0178. The maximum absolute atomic E-state index is 12.4. The Hall–Kier alpha value is -2.39. The smallest absolute Gasteiger partial charge is 0.321 e. The lowest BCUT2D eigenvalue weighted by atomic mass is 10.2. The summed E-state index contributed by atoms with van der Waals surface area (Å²) in [5, 5.41) is 16.5. The van der Waals surface area contributed by atoms with Gasteiger partial charge in [-0.3, -0.25) is 19.8 Å². The first kappa shape index (κ1) is 20.9. The molecule has 0 spiro atoms. The minimum atomic E-state index is -0.596. The largest absolute Gasteiger partial charge is 0.353 e. The molecule has 1 aromatic rings. The van der Waals surface area contributed by atoms with Crippen molar-refractivity contribution in [1.29, 1.82) is 0 Å². The Morgan fingerprint density at radius 2 is 1.96 bits per heavy atom. The van der Waals surface area contributed by atoms with Crippen LogP contribution in [0.3, 0.4) is 0 Å². The summed E-state index contributed by atoms with van der Waals surface area (Å²) in [6.45, 7) is 6.39. The highest BCUT2D eigenvalue weighted by atomic mass is 35.5. The maximum Gasteiger partial charge on any atom is 0.321 e. The van der Waals surface area contributed by atoms with Gasteiger partial charge in [-0.1, -0.05) is 18.5 Å². The molecule has 2 rings (SSSR count). The number of nitrogens with zero attached hydrogens (tertiary/aromatic N) is 3. The van der Waals surface area contributed by atoms with E-state index in [9.17, 15) is 19.7 Å². The van der Waals surface area contributed by atoms with Crippen LogP contribution in [0, 0.1) is 10.1 Å². The van der Waals surface area contributed by atoms with Gasteiger partial charge in [-0.25, -0.2) is 4.79 Å². The number of anilines is 1. The van der Waals surface area contributed by atoms with Crippen molar-refractivity contribution >= 4 is 34.9 Å². The maximum atomic E-state index is 12.4. The summed E-state index contributed by atoms with van der Waals surface area (Å²) >= 11 is 5.77. The summed E-state index contributed by atoms with van der Waals surface area (Å²) in [5.41, 5.74) is 0.0538. The second kappa shape index (κ2) is 9.52. The molecule has 1 aliphatic rings. The van der Waals surface area contributed by atoms with E-state index in [2.05, 4.69) is 10.6 Å².